The summed E-state index contributed by atoms with van der Waals surface area (Å²) in [6.07, 6.45) is -0.0104. The highest BCUT2D eigenvalue weighted by atomic mass is 16.6. The van der Waals surface area contributed by atoms with Crippen LogP contribution in [-0.4, -0.2) is 51.9 Å². The predicted octanol–water partition coefficient (Wildman–Crippen LogP) is 4.03. The largest absolute Gasteiger partial charge is 0.497 e. The van der Waals surface area contributed by atoms with Gasteiger partial charge in [-0.3, -0.25) is 0 Å². The van der Waals surface area contributed by atoms with Crippen LogP contribution >= 0.6 is 0 Å². The van der Waals surface area contributed by atoms with Gasteiger partial charge < -0.3 is 23.7 Å². The zero-order valence-corrected chi connectivity index (χ0v) is 17.8. The topological polar surface area (TPSA) is 78.8 Å². The summed E-state index contributed by atoms with van der Waals surface area (Å²) in [7, 11) is 6.27. The fraction of sp³-hybridized carbons (Fsp3) is 0.364. The van der Waals surface area contributed by atoms with Crippen LogP contribution in [-0.2, 0) is 4.74 Å². The van der Waals surface area contributed by atoms with Gasteiger partial charge in [0.05, 0.1) is 46.8 Å². The molecule has 1 aliphatic rings. The lowest BCUT2D eigenvalue weighted by atomic mass is 9.97. The van der Waals surface area contributed by atoms with E-state index in [4.69, 9.17) is 23.7 Å². The molecule has 2 aromatic rings. The number of carbonyl (C=O) groups is 1. The van der Waals surface area contributed by atoms with Crippen molar-refractivity contribution in [3.8, 4) is 23.0 Å². The molecule has 0 saturated carbocycles. The van der Waals surface area contributed by atoms with Crippen LogP contribution in [0.15, 0.2) is 41.5 Å². The number of methoxy groups -OCH3 is 4. The Balaban J connectivity index is 2.01. The van der Waals surface area contributed by atoms with Crippen molar-refractivity contribution in [2.24, 2.45) is 5.10 Å². The van der Waals surface area contributed by atoms with Crippen molar-refractivity contribution in [1.82, 2.24) is 5.01 Å². The Morgan fingerprint density at radius 1 is 1.00 bits per heavy atom. The molecule has 160 valence electrons. The first-order chi connectivity index (χ1) is 14.6. The maximum Gasteiger partial charge on any atom is 0.430 e. The summed E-state index contributed by atoms with van der Waals surface area (Å²) in [6, 6.07) is 10.8. The monoisotopic (exact) mass is 414 g/mol. The van der Waals surface area contributed by atoms with Gasteiger partial charge in [-0.25, -0.2) is 4.79 Å². The van der Waals surface area contributed by atoms with Gasteiger partial charge in [-0.1, -0.05) is 0 Å². The zero-order chi connectivity index (χ0) is 21.7. The lowest BCUT2D eigenvalue weighted by Gasteiger charge is -2.23. The number of amides is 1. The Hall–Kier alpha value is -3.42. The standard InChI is InChI=1S/C22H26N2O6/c1-6-30-22(25)24-18(13-17(23-24)14-7-9-16(26-2)10-8-14)15-11-19(27-3)21(29-5)20(12-15)28-4/h7-12,18H,6,13H2,1-5H3. The maximum absolute atomic E-state index is 12.6. The molecule has 1 atom stereocenters. The van der Waals surface area contributed by atoms with E-state index in [1.54, 1.807) is 35.4 Å². The van der Waals surface area contributed by atoms with Crippen LogP contribution in [0.25, 0.3) is 0 Å². The molecule has 8 nitrogen and oxygen atoms in total. The predicted molar refractivity (Wildman–Crippen MR) is 112 cm³/mol. The molecule has 1 unspecified atom stereocenters. The molecule has 1 aliphatic heterocycles. The van der Waals surface area contributed by atoms with Gasteiger partial charge in [0.25, 0.3) is 0 Å². The maximum atomic E-state index is 12.6. The summed E-state index contributed by atoms with van der Waals surface area (Å²) in [6.45, 7) is 2.02. The quantitative estimate of drug-likeness (QED) is 0.681. The molecule has 0 bridgehead atoms. The summed E-state index contributed by atoms with van der Waals surface area (Å²) in [5.41, 5.74) is 2.47. The van der Waals surface area contributed by atoms with Gasteiger partial charge in [-0.15, -0.1) is 0 Å². The summed E-state index contributed by atoms with van der Waals surface area (Å²) >= 11 is 0. The highest BCUT2D eigenvalue weighted by Crippen LogP contribution is 2.43. The molecule has 0 N–H and O–H groups in total. The third kappa shape index (κ3) is 4.12. The number of nitrogens with zero attached hydrogens (tertiary/aromatic N) is 2. The van der Waals surface area contributed by atoms with Gasteiger partial charge in [0, 0.05) is 6.42 Å². The normalized spacial score (nSPS) is 15.4. The van der Waals surface area contributed by atoms with Gasteiger partial charge >= 0.3 is 6.09 Å². The second-order valence-electron chi connectivity index (χ2n) is 6.50. The Bertz CT molecular complexity index is 901. The van der Waals surface area contributed by atoms with Gasteiger partial charge in [0.2, 0.25) is 5.75 Å². The van der Waals surface area contributed by atoms with Crippen molar-refractivity contribution >= 4 is 11.8 Å². The second kappa shape index (κ2) is 9.39. The SMILES string of the molecule is CCOC(=O)N1N=C(c2ccc(OC)cc2)CC1c1cc(OC)c(OC)c(OC)c1. The van der Waals surface area contributed by atoms with E-state index in [1.807, 2.05) is 36.4 Å². The molecule has 0 saturated heterocycles. The third-order valence-corrected chi connectivity index (χ3v) is 4.86. The molecule has 3 rings (SSSR count). The Labute approximate surface area is 175 Å². The van der Waals surface area contributed by atoms with Crippen molar-refractivity contribution < 1.29 is 28.5 Å². The van der Waals surface area contributed by atoms with Crippen LogP contribution < -0.4 is 18.9 Å². The molecule has 8 heteroatoms. The molecule has 30 heavy (non-hydrogen) atoms. The number of hydrogen-bond acceptors (Lipinski definition) is 7. The molecular weight excluding hydrogens is 388 g/mol. The summed E-state index contributed by atoms with van der Waals surface area (Å²) < 4.78 is 26.8. The van der Waals surface area contributed by atoms with Crippen molar-refractivity contribution in [3.05, 3.63) is 47.5 Å². The summed E-state index contributed by atoms with van der Waals surface area (Å²) in [5, 5.41) is 5.93. The van der Waals surface area contributed by atoms with Gasteiger partial charge in [0.1, 0.15) is 5.75 Å². The first kappa shape index (κ1) is 21.3. The lowest BCUT2D eigenvalue weighted by molar-refractivity contribution is 0.0974. The second-order valence-corrected chi connectivity index (χ2v) is 6.50. The minimum Gasteiger partial charge on any atom is -0.497 e. The average molecular weight is 414 g/mol. The Kier molecular flexibility index (Phi) is 6.66. The third-order valence-electron chi connectivity index (χ3n) is 4.86. The first-order valence-corrected chi connectivity index (χ1v) is 9.54. The number of hydrazone groups is 1. The summed E-state index contributed by atoms with van der Waals surface area (Å²) in [5.74, 6) is 2.25. The van der Waals surface area contributed by atoms with Crippen LogP contribution in [0, 0.1) is 0 Å². The molecule has 0 aromatic heterocycles. The number of rotatable bonds is 7. The van der Waals surface area contributed by atoms with E-state index < -0.39 is 6.09 Å². The van der Waals surface area contributed by atoms with Crippen molar-refractivity contribution in [3.63, 3.8) is 0 Å². The summed E-state index contributed by atoms with van der Waals surface area (Å²) in [4.78, 5) is 12.6. The van der Waals surface area contributed by atoms with Crippen molar-refractivity contribution in [2.75, 3.05) is 35.0 Å². The van der Waals surface area contributed by atoms with E-state index in [-0.39, 0.29) is 12.6 Å². The van der Waals surface area contributed by atoms with Crippen LogP contribution in [0.2, 0.25) is 0 Å². The van der Waals surface area contributed by atoms with Crippen LogP contribution in [0.3, 0.4) is 0 Å². The van der Waals surface area contributed by atoms with Crippen LogP contribution in [0.5, 0.6) is 23.0 Å². The Morgan fingerprint density at radius 3 is 2.13 bits per heavy atom. The average Bonchev–Trinajstić information content (AvgIpc) is 3.24. The van der Waals surface area contributed by atoms with Crippen LogP contribution in [0.4, 0.5) is 4.79 Å². The molecule has 2 aromatic carbocycles. The van der Waals surface area contributed by atoms with E-state index in [0.29, 0.717) is 23.7 Å². The molecule has 0 spiro atoms. The number of carbonyl (C=O) groups excluding carboxylic acids is 1. The highest BCUT2D eigenvalue weighted by molar-refractivity contribution is 6.03. The van der Waals surface area contributed by atoms with E-state index >= 15 is 0 Å². The Morgan fingerprint density at radius 2 is 1.63 bits per heavy atom. The highest BCUT2D eigenvalue weighted by Gasteiger charge is 2.35. The fourth-order valence-corrected chi connectivity index (χ4v) is 3.38. The minimum absolute atomic E-state index is 0.255. The molecule has 1 heterocycles. The number of benzene rings is 2. The molecule has 0 fully saturated rings. The zero-order valence-electron chi connectivity index (χ0n) is 17.8. The van der Waals surface area contributed by atoms with E-state index in [1.165, 1.54) is 5.01 Å². The molecule has 1 amide bonds. The molecule has 0 radical (unpaired) electrons. The van der Waals surface area contributed by atoms with Gasteiger partial charge in [-0.2, -0.15) is 10.1 Å². The van der Waals surface area contributed by atoms with Gasteiger partial charge in [-0.05, 0) is 54.4 Å². The fourth-order valence-electron chi connectivity index (χ4n) is 3.38. The van der Waals surface area contributed by atoms with E-state index in [0.717, 1.165) is 22.6 Å². The van der Waals surface area contributed by atoms with Crippen molar-refractivity contribution in [1.29, 1.82) is 0 Å². The van der Waals surface area contributed by atoms with E-state index in [9.17, 15) is 4.79 Å². The first-order valence-electron chi connectivity index (χ1n) is 9.54. The molecular formula is C22H26N2O6. The minimum atomic E-state index is -0.514. The number of hydrogen-bond donors (Lipinski definition) is 0. The molecule has 0 aliphatic carbocycles. The smallest absolute Gasteiger partial charge is 0.430 e. The van der Waals surface area contributed by atoms with Crippen LogP contribution in [0.1, 0.15) is 30.5 Å². The lowest BCUT2D eigenvalue weighted by Crippen LogP contribution is -2.27. The van der Waals surface area contributed by atoms with E-state index in [2.05, 4.69) is 5.10 Å². The number of ether oxygens (including phenoxy) is 5. The van der Waals surface area contributed by atoms with Crippen molar-refractivity contribution in [2.45, 2.75) is 19.4 Å². The van der Waals surface area contributed by atoms with Gasteiger partial charge in [0.15, 0.2) is 11.5 Å².